The Bertz CT molecular complexity index is 992. The molecular formula is C21H16Cl2N2O3. The largest absolute Gasteiger partial charge is 0.321 e. The molecule has 1 saturated heterocycles. The zero-order valence-corrected chi connectivity index (χ0v) is 16.2. The highest BCUT2D eigenvalue weighted by Crippen LogP contribution is 2.37. The Labute approximate surface area is 171 Å². The number of nitrogens with zero attached hydrogens (tertiary/aromatic N) is 1. The molecule has 2 aromatic carbocycles. The minimum absolute atomic E-state index is 0.211. The summed E-state index contributed by atoms with van der Waals surface area (Å²) in [4.78, 5) is 39.3. The number of benzene rings is 2. The summed E-state index contributed by atoms with van der Waals surface area (Å²) >= 11 is 12.0. The van der Waals surface area contributed by atoms with Crippen LogP contribution in [-0.4, -0.2) is 17.7 Å². The fraction of sp³-hybridized carbons (Fsp3) is 0.190. The average molecular weight is 415 g/mol. The molecule has 3 amide bonds. The molecule has 28 heavy (non-hydrogen) atoms. The van der Waals surface area contributed by atoms with Gasteiger partial charge in [0.25, 0.3) is 5.91 Å². The van der Waals surface area contributed by atoms with Crippen LogP contribution in [0.4, 0.5) is 11.4 Å². The monoisotopic (exact) mass is 414 g/mol. The Kier molecular flexibility index (Phi) is 4.96. The molecule has 1 fully saturated rings. The fourth-order valence-corrected chi connectivity index (χ4v) is 4.08. The molecule has 142 valence electrons. The molecule has 0 spiro atoms. The topological polar surface area (TPSA) is 66.5 Å². The van der Waals surface area contributed by atoms with Crippen molar-refractivity contribution in [2.75, 3.05) is 10.2 Å². The zero-order valence-electron chi connectivity index (χ0n) is 14.7. The number of carbonyl (C=O) groups is 3. The number of nitrogens with one attached hydrogen (secondary N) is 1. The first-order chi connectivity index (χ1) is 13.5. The molecule has 7 heteroatoms. The molecule has 1 aliphatic heterocycles. The summed E-state index contributed by atoms with van der Waals surface area (Å²) in [6.45, 7) is 0. The van der Waals surface area contributed by atoms with Crippen molar-refractivity contribution >= 4 is 52.3 Å². The summed E-state index contributed by atoms with van der Waals surface area (Å²) in [5.74, 6) is -1.45. The van der Waals surface area contributed by atoms with Gasteiger partial charge in [0, 0.05) is 10.6 Å². The van der Waals surface area contributed by atoms with Crippen LogP contribution in [0.25, 0.3) is 0 Å². The van der Waals surface area contributed by atoms with Gasteiger partial charge in [-0.3, -0.25) is 19.3 Å². The number of anilines is 2. The molecule has 1 aliphatic carbocycles. The van der Waals surface area contributed by atoms with Gasteiger partial charge in [0.15, 0.2) is 0 Å². The number of carbonyl (C=O) groups excluding carboxylic acids is 3. The third-order valence-electron chi connectivity index (χ3n) is 5.05. The van der Waals surface area contributed by atoms with Crippen LogP contribution in [0.2, 0.25) is 10.0 Å². The summed E-state index contributed by atoms with van der Waals surface area (Å²) in [5.41, 5.74) is 1.14. The SMILES string of the molecule is O=C(Nc1ccc(Cl)cc1Cl)c1cccc(N2C(=O)C3CC=CCC3C2=O)c1. The first-order valence-electron chi connectivity index (χ1n) is 8.85. The molecule has 0 saturated carbocycles. The lowest BCUT2D eigenvalue weighted by Crippen LogP contribution is -2.31. The third-order valence-corrected chi connectivity index (χ3v) is 5.60. The summed E-state index contributed by atoms with van der Waals surface area (Å²) in [5, 5.41) is 3.50. The second-order valence-electron chi connectivity index (χ2n) is 6.80. The van der Waals surface area contributed by atoms with Gasteiger partial charge in [-0.15, -0.1) is 0 Å². The van der Waals surface area contributed by atoms with E-state index in [1.54, 1.807) is 36.4 Å². The highest BCUT2D eigenvalue weighted by atomic mass is 35.5. The highest BCUT2D eigenvalue weighted by molar-refractivity contribution is 6.36. The standard InChI is InChI=1S/C21H16Cl2N2O3/c22-13-8-9-18(17(23)11-13)24-19(26)12-4-3-5-14(10-12)25-20(27)15-6-1-2-7-16(15)21(25)28/h1-5,8-11,15-16H,6-7H2,(H,24,26). The van der Waals surface area contributed by atoms with Gasteiger partial charge in [0.05, 0.1) is 28.2 Å². The summed E-state index contributed by atoms with van der Waals surface area (Å²) < 4.78 is 0. The number of hydrogen-bond donors (Lipinski definition) is 1. The molecule has 2 atom stereocenters. The molecule has 2 aliphatic rings. The maximum absolute atomic E-state index is 12.7. The summed E-state index contributed by atoms with van der Waals surface area (Å²) in [6, 6.07) is 11.2. The molecule has 0 aromatic heterocycles. The number of hydrogen-bond acceptors (Lipinski definition) is 3. The van der Waals surface area contributed by atoms with Crippen LogP contribution >= 0.6 is 23.2 Å². The molecule has 2 aromatic rings. The molecular weight excluding hydrogens is 399 g/mol. The van der Waals surface area contributed by atoms with Crippen LogP contribution in [0.3, 0.4) is 0 Å². The van der Waals surface area contributed by atoms with Gasteiger partial charge in [-0.25, -0.2) is 0 Å². The van der Waals surface area contributed by atoms with Crippen molar-refractivity contribution in [1.29, 1.82) is 0 Å². The molecule has 0 bridgehead atoms. The van der Waals surface area contributed by atoms with Gasteiger partial charge in [-0.2, -0.15) is 0 Å². The van der Waals surface area contributed by atoms with Crippen LogP contribution in [0, 0.1) is 11.8 Å². The van der Waals surface area contributed by atoms with Gasteiger partial charge in [0.1, 0.15) is 0 Å². The van der Waals surface area contributed by atoms with Crippen molar-refractivity contribution in [2.45, 2.75) is 12.8 Å². The van der Waals surface area contributed by atoms with Gasteiger partial charge in [-0.05, 0) is 49.2 Å². The predicted molar refractivity (Wildman–Crippen MR) is 109 cm³/mol. The molecule has 1 heterocycles. The van der Waals surface area contributed by atoms with E-state index in [-0.39, 0.29) is 23.7 Å². The molecule has 1 N–H and O–H groups in total. The van der Waals surface area contributed by atoms with Crippen molar-refractivity contribution in [1.82, 2.24) is 0 Å². The Balaban J connectivity index is 1.59. The van der Waals surface area contributed by atoms with E-state index in [4.69, 9.17) is 23.2 Å². The van der Waals surface area contributed by atoms with Crippen LogP contribution in [0.1, 0.15) is 23.2 Å². The molecule has 0 radical (unpaired) electrons. The van der Waals surface area contributed by atoms with E-state index < -0.39 is 5.91 Å². The molecule has 2 unspecified atom stereocenters. The first kappa shape index (κ1) is 18.7. The Morgan fingerprint density at radius 3 is 2.29 bits per heavy atom. The van der Waals surface area contributed by atoms with Crippen LogP contribution in [0.5, 0.6) is 0 Å². The number of allylic oxidation sites excluding steroid dienone is 2. The van der Waals surface area contributed by atoms with Crippen molar-refractivity contribution in [2.24, 2.45) is 11.8 Å². The van der Waals surface area contributed by atoms with E-state index in [0.717, 1.165) is 0 Å². The minimum Gasteiger partial charge on any atom is -0.321 e. The quantitative estimate of drug-likeness (QED) is 0.584. The highest BCUT2D eigenvalue weighted by Gasteiger charge is 2.47. The average Bonchev–Trinajstić information content (AvgIpc) is 2.95. The van der Waals surface area contributed by atoms with Gasteiger partial charge < -0.3 is 5.32 Å². The maximum Gasteiger partial charge on any atom is 0.255 e. The van der Waals surface area contributed by atoms with E-state index >= 15 is 0 Å². The molecule has 5 nitrogen and oxygen atoms in total. The van der Waals surface area contributed by atoms with Crippen LogP contribution in [-0.2, 0) is 9.59 Å². The smallest absolute Gasteiger partial charge is 0.255 e. The van der Waals surface area contributed by atoms with Crippen molar-refractivity contribution in [3.63, 3.8) is 0 Å². The van der Waals surface area contributed by atoms with Gasteiger partial charge >= 0.3 is 0 Å². The van der Waals surface area contributed by atoms with E-state index in [2.05, 4.69) is 5.32 Å². The number of rotatable bonds is 3. The van der Waals surface area contributed by atoms with Gasteiger partial charge in [-0.1, -0.05) is 41.4 Å². The Morgan fingerprint density at radius 2 is 1.64 bits per heavy atom. The summed E-state index contributed by atoms with van der Waals surface area (Å²) in [6.07, 6.45) is 5.02. The first-order valence-corrected chi connectivity index (χ1v) is 9.60. The lowest BCUT2D eigenvalue weighted by Gasteiger charge is -2.16. The van der Waals surface area contributed by atoms with E-state index in [1.807, 2.05) is 12.2 Å². The number of fused-ring (bicyclic) bond motifs is 1. The number of imide groups is 1. The van der Waals surface area contributed by atoms with E-state index in [1.165, 1.54) is 11.0 Å². The Morgan fingerprint density at radius 1 is 0.964 bits per heavy atom. The fourth-order valence-electron chi connectivity index (χ4n) is 3.63. The van der Waals surface area contributed by atoms with Crippen molar-refractivity contribution in [3.05, 3.63) is 70.2 Å². The van der Waals surface area contributed by atoms with Crippen LogP contribution < -0.4 is 10.2 Å². The number of halogens is 2. The predicted octanol–water partition coefficient (Wildman–Crippen LogP) is 4.70. The third kappa shape index (κ3) is 3.32. The lowest BCUT2D eigenvalue weighted by atomic mass is 9.85. The van der Waals surface area contributed by atoms with Gasteiger partial charge in [0.2, 0.25) is 11.8 Å². The Hall–Kier alpha value is -2.63. The summed E-state index contributed by atoms with van der Waals surface area (Å²) in [7, 11) is 0. The minimum atomic E-state index is -0.399. The second kappa shape index (κ2) is 7.41. The second-order valence-corrected chi connectivity index (χ2v) is 7.64. The normalized spacial score (nSPS) is 21.0. The van der Waals surface area contributed by atoms with Crippen molar-refractivity contribution < 1.29 is 14.4 Å². The van der Waals surface area contributed by atoms with E-state index in [9.17, 15) is 14.4 Å². The lowest BCUT2D eigenvalue weighted by molar-refractivity contribution is -0.122. The van der Waals surface area contributed by atoms with E-state index in [0.29, 0.717) is 39.8 Å². The van der Waals surface area contributed by atoms with Crippen molar-refractivity contribution in [3.8, 4) is 0 Å². The zero-order chi connectivity index (χ0) is 19.8. The molecule has 4 rings (SSSR count). The van der Waals surface area contributed by atoms with Crippen LogP contribution in [0.15, 0.2) is 54.6 Å². The number of amides is 3. The maximum atomic E-state index is 12.7.